The monoisotopic (exact) mass is 464 g/mol. The first kappa shape index (κ1) is 24.9. The van der Waals surface area contributed by atoms with Gasteiger partial charge in [0, 0.05) is 5.41 Å². The van der Waals surface area contributed by atoms with E-state index in [1.165, 1.54) is 11.6 Å². The average Bonchev–Trinajstić information content (AvgIpc) is 2.78. The van der Waals surface area contributed by atoms with Gasteiger partial charge >= 0.3 is 0 Å². The molecule has 10 atom stereocenters. The standard InChI is InChI=1S/C26H40O7/c1-5-24(2)9-8-17-15(11-24)6-7-20-25(17,3)12-19(29)22(31)26(20,4)14-32-23-21(30)18(28)10-16(13-27)33-23/h5-6,10,17-23,27-31H,1,7-9,11-14H2,2-4H3/t17-,18+,19+,20+,21-,22-,23+,24-,25+,26+/m0/s1. The predicted octanol–water partition coefficient (Wildman–Crippen LogP) is 2.03. The van der Waals surface area contributed by atoms with Crippen LogP contribution in [0.1, 0.15) is 52.9 Å². The van der Waals surface area contributed by atoms with E-state index in [1.54, 1.807) is 0 Å². The van der Waals surface area contributed by atoms with E-state index in [4.69, 9.17) is 9.47 Å². The molecule has 0 saturated heterocycles. The van der Waals surface area contributed by atoms with Gasteiger partial charge in [0.05, 0.1) is 18.8 Å². The minimum Gasteiger partial charge on any atom is -0.464 e. The lowest BCUT2D eigenvalue weighted by Gasteiger charge is -2.62. The number of aliphatic hydroxyl groups is 5. The Morgan fingerprint density at radius 1 is 1.21 bits per heavy atom. The molecular formula is C26H40O7. The number of hydrogen-bond donors (Lipinski definition) is 5. The lowest BCUT2D eigenvalue weighted by atomic mass is 9.44. The van der Waals surface area contributed by atoms with Crippen molar-refractivity contribution in [3.63, 3.8) is 0 Å². The van der Waals surface area contributed by atoms with Crippen LogP contribution >= 0.6 is 0 Å². The summed E-state index contributed by atoms with van der Waals surface area (Å²) in [6.07, 6.45) is 4.41. The number of ether oxygens (including phenoxy) is 2. The average molecular weight is 465 g/mol. The summed E-state index contributed by atoms with van der Waals surface area (Å²) >= 11 is 0. The molecule has 0 unspecified atom stereocenters. The molecule has 7 heteroatoms. The van der Waals surface area contributed by atoms with Gasteiger partial charge in [0.1, 0.15) is 24.6 Å². The quantitative estimate of drug-likeness (QED) is 0.395. The second-order valence-electron chi connectivity index (χ2n) is 11.5. The third-order valence-corrected chi connectivity index (χ3v) is 9.21. The molecule has 0 radical (unpaired) electrons. The first-order valence-corrected chi connectivity index (χ1v) is 12.1. The van der Waals surface area contributed by atoms with E-state index in [2.05, 4.69) is 32.6 Å². The Bertz CT molecular complexity index is 823. The normalized spacial score (nSPS) is 49.8. The van der Waals surface area contributed by atoms with Crippen molar-refractivity contribution in [2.75, 3.05) is 13.2 Å². The first-order valence-electron chi connectivity index (χ1n) is 12.1. The molecule has 7 nitrogen and oxygen atoms in total. The largest absolute Gasteiger partial charge is 0.464 e. The van der Waals surface area contributed by atoms with Gasteiger partial charge in [0.15, 0.2) is 0 Å². The second kappa shape index (κ2) is 8.77. The second-order valence-corrected chi connectivity index (χ2v) is 11.5. The van der Waals surface area contributed by atoms with Gasteiger partial charge in [-0.05, 0) is 60.8 Å². The van der Waals surface area contributed by atoms with Crippen LogP contribution in [-0.4, -0.2) is 69.5 Å². The van der Waals surface area contributed by atoms with Crippen molar-refractivity contribution < 1.29 is 35.0 Å². The van der Waals surface area contributed by atoms with Crippen LogP contribution in [0.25, 0.3) is 0 Å². The highest BCUT2D eigenvalue weighted by atomic mass is 16.7. The van der Waals surface area contributed by atoms with Gasteiger partial charge in [-0.3, -0.25) is 0 Å². The third kappa shape index (κ3) is 4.11. The highest BCUT2D eigenvalue weighted by Gasteiger charge is 2.61. The third-order valence-electron chi connectivity index (χ3n) is 9.21. The van der Waals surface area contributed by atoms with Gasteiger partial charge in [-0.15, -0.1) is 6.58 Å². The Labute approximate surface area is 196 Å². The number of aliphatic hydroxyl groups excluding tert-OH is 5. The van der Waals surface area contributed by atoms with E-state index in [1.807, 2.05) is 6.92 Å². The molecule has 0 aromatic carbocycles. The Morgan fingerprint density at radius 3 is 2.61 bits per heavy atom. The fourth-order valence-electron chi connectivity index (χ4n) is 7.15. The van der Waals surface area contributed by atoms with E-state index in [9.17, 15) is 25.5 Å². The van der Waals surface area contributed by atoms with Gasteiger partial charge in [-0.25, -0.2) is 0 Å². The molecule has 0 aromatic heterocycles. The molecule has 1 aliphatic heterocycles. The zero-order valence-electron chi connectivity index (χ0n) is 20.0. The molecule has 33 heavy (non-hydrogen) atoms. The smallest absolute Gasteiger partial charge is 0.228 e. The van der Waals surface area contributed by atoms with Gasteiger partial charge in [-0.1, -0.05) is 38.5 Å². The summed E-state index contributed by atoms with van der Waals surface area (Å²) in [6, 6.07) is 0. The molecular weight excluding hydrogens is 424 g/mol. The summed E-state index contributed by atoms with van der Waals surface area (Å²) in [6.45, 7) is 10.1. The van der Waals surface area contributed by atoms with Gasteiger partial charge in [-0.2, -0.15) is 0 Å². The lowest BCUT2D eigenvalue weighted by Crippen LogP contribution is -2.63. The summed E-state index contributed by atoms with van der Waals surface area (Å²) in [5, 5.41) is 51.9. The maximum atomic E-state index is 11.1. The first-order chi connectivity index (χ1) is 15.5. The van der Waals surface area contributed by atoms with Gasteiger partial charge in [0.25, 0.3) is 0 Å². The molecule has 5 N–H and O–H groups in total. The fraction of sp³-hybridized carbons (Fsp3) is 0.769. The van der Waals surface area contributed by atoms with Gasteiger partial charge < -0.3 is 35.0 Å². The van der Waals surface area contributed by atoms with Crippen molar-refractivity contribution >= 4 is 0 Å². The molecule has 2 saturated carbocycles. The van der Waals surface area contributed by atoms with Crippen LogP contribution < -0.4 is 0 Å². The van der Waals surface area contributed by atoms with Crippen molar-refractivity contribution in [1.29, 1.82) is 0 Å². The zero-order chi connectivity index (χ0) is 24.2. The lowest BCUT2D eigenvalue weighted by molar-refractivity contribution is -0.253. The van der Waals surface area contributed by atoms with E-state index >= 15 is 0 Å². The maximum absolute atomic E-state index is 11.1. The maximum Gasteiger partial charge on any atom is 0.228 e. The number of hydrogen-bond acceptors (Lipinski definition) is 7. The highest BCUT2D eigenvalue weighted by Crippen LogP contribution is 2.63. The van der Waals surface area contributed by atoms with Crippen LogP contribution in [0.15, 0.2) is 36.1 Å². The van der Waals surface area contributed by atoms with Crippen molar-refractivity contribution in [2.24, 2.45) is 28.1 Å². The van der Waals surface area contributed by atoms with Crippen LogP contribution in [-0.2, 0) is 9.47 Å². The van der Waals surface area contributed by atoms with Crippen molar-refractivity contribution in [3.8, 4) is 0 Å². The molecule has 3 aliphatic carbocycles. The molecule has 186 valence electrons. The van der Waals surface area contributed by atoms with Crippen LogP contribution in [0.4, 0.5) is 0 Å². The number of rotatable bonds is 5. The zero-order valence-corrected chi connectivity index (χ0v) is 20.0. The molecule has 0 spiro atoms. The summed E-state index contributed by atoms with van der Waals surface area (Å²) in [5.74, 6) is 0.520. The molecule has 4 aliphatic rings. The van der Waals surface area contributed by atoms with E-state index in [0.717, 1.165) is 25.7 Å². The fourth-order valence-corrected chi connectivity index (χ4v) is 7.15. The Balaban J connectivity index is 1.59. The van der Waals surface area contributed by atoms with E-state index in [0.29, 0.717) is 12.3 Å². The molecule has 0 bridgehead atoms. The molecule has 2 fully saturated rings. The van der Waals surface area contributed by atoms with Crippen molar-refractivity contribution in [2.45, 2.75) is 83.6 Å². The van der Waals surface area contributed by atoms with E-state index < -0.39 is 42.7 Å². The SMILES string of the molecule is C=C[C@@]1(C)CC[C@H]2C(=CC[C@@H]3[C@]2(C)C[C@@H](O)[C@H](O)[C@]3(C)CO[C@@H]2OC(CO)=C[C@@H](O)[C@@H]2O)C1. The Kier molecular flexibility index (Phi) is 6.62. The summed E-state index contributed by atoms with van der Waals surface area (Å²) < 4.78 is 11.5. The van der Waals surface area contributed by atoms with Crippen LogP contribution in [0, 0.1) is 28.1 Å². The van der Waals surface area contributed by atoms with Crippen LogP contribution in [0.2, 0.25) is 0 Å². The molecule has 4 rings (SSSR count). The van der Waals surface area contributed by atoms with Gasteiger partial charge in [0.2, 0.25) is 6.29 Å². The van der Waals surface area contributed by atoms with Crippen molar-refractivity contribution in [3.05, 3.63) is 36.1 Å². The Morgan fingerprint density at radius 2 is 1.94 bits per heavy atom. The minimum absolute atomic E-state index is 0.0406. The summed E-state index contributed by atoms with van der Waals surface area (Å²) in [7, 11) is 0. The predicted molar refractivity (Wildman–Crippen MR) is 123 cm³/mol. The molecule has 0 amide bonds. The van der Waals surface area contributed by atoms with Crippen LogP contribution in [0.3, 0.4) is 0 Å². The number of allylic oxidation sites excluding steroid dienone is 3. The van der Waals surface area contributed by atoms with Crippen LogP contribution in [0.5, 0.6) is 0 Å². The van der Waals surface area contributed by atoms with Crippen molar-refractivity contribution in [1.82, 2.24) is 0 Å². The molecule has 0 aromatic rings. The minimum atomic E-state index is -1.31. The molecule has 1 heterocycles. The topological polar surface area (TPSA) is 120 Å². The number of fused-ring (bicyclic) bond motifs is 3. The highest BCUT2D eigenvalue weighted by molar-refractivity contribution is 5.26. The summed E-state index contributed by atoms with van der Waals surface area (Å²) in [4.78, 5) is 0. The Hall–Kier alpha value is -1.22. The van der Waals surface area contributed by atoms with E-state index in [-0.39, 0.29) is 29.1 Å². The summed E-state index contributed by atoms with van der Waals surface area (Å²) in [5.41, 5.74) is 0.534.